The average molecular weight is 420 g/mol. The lowest BCUT2D eigenvalue weighted by atomic mass is 10.1. The molecule has 0 radical (unpaired) electrons. The number of ether oxygens (including phenoxy) is 1. The number of benzene rings is 1. The summed E-state index contributed by atoms with van der Waals surface area (Å²) in [6.07, 6.45) is 1.16. The molecule has 28 heavy (non-hydrogen) atoms. The third kappa shape index (κ3) is 3.98. The highest BCUT2D eigenvalue weighted by Crippen LogP contribution is 2.47. The summed E-state index contributed by atoms with van der Waals surface area (Å²) in [6.45, 7) is 5.23. The number of thioether (sulfide) groups is 2. The molecule has 3 rings (SSSR count). The number of amides is 2. The number of nitriles is 1. The zero-order valence-corrected chi connectivity index (χ0v) is 17.5. The lowest BCUT2D eigenvalue weighted by Crippen LogP contribution is -2.47. The first-order valence-corrected chi connectivity index (χ1v) is 10.6. The largest absolute Gasteiger partial charge is 0.454 e. The van der Waals surface area contributed by atoms with E-state index in [1.807, 2.05) is 38.3 Å². The van der Waals surface area contributed by atoms with Crippen LogP contribution in [0.4, 0.5) is 5.69 Å². The highest BCUT2D eigenvalue weighted by molar-refractivity contribution is 8.03. The standard InChI is InChI=1S/C19H21N3O4S2/c1-11-6-13(27-10-20)7-12(2)17(11)21-15(23)8-26-18(25)14-9-28-19(3)5-4-16(24)22(14)19/h6-7,14H,4-5,8-9H2,1-3H3,(H,21,23)/t14-,19+/m1/s1. The molecule has 148 valence electrons. The van der Waals surface area contributed by atoms with Gasteiger partial charge in [0.1, 0.15) is 11.4 Å². The SMILES string of the molecule is Cc1cc(SC#N)cc(C)c1NC(=O)COC(=O)[C@H]1CS[C@@]2(C)CCC(=O)N12. The van der Waals surface area contributed by atoms with Gasteiger partial charge in [-0.2, -0.15) is 5.26 Å². The smallest absolute Gasteiger partial charge is 0.330 e. The topological polar surface area (TPSA) is 99.5 Å². The van der Waals surface area contributed by atoms with Crippen LogP contribution in [0.1, 0.15) is 30.9 Å². The number of nitrogens with zero attached hydrogens (tertiary/aromatic N) is 2. The number of nitrogens with one attached hydrogen (secondary N) is 1. The summed E-state index contributed by atoms with van der Waals surface area (Å²) in [6, 6.07) is 3.00. The first-order chi connectivity index (χ1) is 13.2. The molecule has 2 amide bonds. The van der Waals surface area contributed by atoms with Gasteiger partial charge in [-0.3, -0.25) is 9.59 Å². The molecule has 2 aliphatic heterocycles. The van der Waals surface area contributed by atoms with Gasteiger partial charge in [0.2, 0.25) is 5.91 Å². The molecular weight excluding hydrogens is 398 g/mol. The van der Waals surface area contributed by atoms with Crippen molar-refractivity contribution in [2.45, 2.75) is 49.4 Å². The molecule has 1 aromatic carbocycles. The molecule has 0 aliphatic carbocycles. The first-order valence-electron chi connectivity index (χ1n) is 8.85. The highest BCUT2D eigenvalue weighted by atomic mass is 32.2. The van der Waals surface area contributed by atoms with Crippen LogP contribution in [-0.2, 0) is 19.1 Å². The molecule has 2 fully saturated rings. The minimum absolute atomic E-state index is 0.0412. The summed E-state index contributed by atoms with van der Waals surface area (Å²) in [7, 11) is 0. The van der Waals surface area contributed by atoms with Crippen LogP contribution in [-0.4, -0.2) is 46.0 Å². The van der Waals surface area contributed by atoms with Crippen molar-refractivity contribution in [1.82, 2.24) is 4.90 Å². The Morgan fingerprint density at radius 1 is 1.43 bits per heavy atom. The second-order valence-electron chi connectivity index (χ2n) is 7.05. The van der Waals surface area contributed by atoms with Crippen molar-refractivity contribution >= 4 is 47.0 Å². The summed E-state index contributed by atoms with van der Waals surface area (Å²) in [5.41, 5.74) is 2.29. The quantitative estimate of drug-likeness (QED) is 0.445. The van der Waals surface area contributed by atoms with Crippen molar-refractivity contribution in [3.05, 3.63) is 23.3 Å². The van der Waals surface area contributed by atoms with Crippen LogP contribution in [0, 0.1) is 24.5 Å². The van der Waals surface area contributed by atoms with Gasteiger partial charge in [0.15, 0.2) is 6.61 Å². The van der Waals surface area contributed by atoms with Crippen LogP contribution < -0.4 is 5.32 Å². The number of esters is 1. The maximum Gasteiger partial charge on any atom is 0.330 e. The highest BCUT2D eigenvalue weighted by Gasteiger charge is 2.53. The second kappa shape index (κ2) is 8.05. The van der Waals surface area contributed by atoms with E-state index in [0.29, 0.717) is 17.9 Å². The number of carbonyl (C=O) groups excluding carboxylic acids is 3. The maximum absolute atomic E-state index is 12.4. The third-order valence-corrected chi connectivity index (χ3v) is 7.06. The molecule has 0 unspecified atom stereocenters. The van der Waals surface area contributed by atoms with Crippen LogP contribution in [0.15, 0.2) is 17.0 Å². The molecule has 1 N–H and O–H groups in total. The molecule has 0 spiro atoms. The molecule has 0 saturated carbocycles. The minimum atomic E-state index is -0.636. The van der Waals surface area contributed by atoms with Gasteiger partial charge < -0.3 is 15.0 Å². The summed E-state index contributed by atoms with van der Waals surface area (Å²) in [5, 5.41) is 13.6. The fourth-order valence-corrected chi connectivity index (χ4v) is 5.63. The van der Waals surface area contributed by atoms with Gasteiger partial charge in [0.25, 0.3) is 5.91 Å². The Hall–Kier alpha value is -2.18. The average Bonchev–Trinajstić information content (AvgIpc) is 3.12. The Kier molecular flexibility index (Phi) is 5.91. The monoisotopic (exact) mass is 419 g/mol. The zero-order chi connectivity index (χ0) is 20.5. The molecule has 2 atom stereocenters. The van der Waals surface area contributed by atoms with E-state index >= 15 is 0 Å². The molecule has 0 bridgehead atoms. The van der Waals surface area contributed by atoms with Gasteiger partial charge >= 0.3 is 5.97 Å². The number of carbonyl (C=O) groups is 3. The van der Waals surface area contributed by atoms with Gasteiger partial charge in [-0.05, 0) is 62.2 Å². The molecule has 7 nitrogen and oxygen atoms in total. The number of hydrogen-bond acceptors (Lipinski definition) is 7. The molecule has 2 saturated heterocycles. The molecule has 2 aliphatic rings. The van der Waals surface area contributed by atoms with Gasteiger partial charge in [0.05, 0.1) is 4.87 Å². The van der Waals surface area contributed by atoms with Crippen LogP contribution in [0.5, 0.6) is 0 Å². The fourth-order valence-electron chi connectivity index (χ4n) is 3.64. The number of fused-ring (bicyclic) bond motifs is 1. The van der Waals surface area contributed by atoms with E-state index in [-0.39, 0.29) is 10.8 Å². The Labute approximate surface area is 172 Å². The second-order valence-corrected chi connectivity index (χ2v) is 9.41. The van der Waals surface area contributed by atoms with Gasteiger partial charge in [0, 0.05) is 22.8 Å². The number of anilines is 1. The van der Waals surface area contributed by atoms with Crippen molar-refractivity contribution in [2.24, 2.45) is 0 Å². The van der Waals surface area contributed by atoms with Crippen LogP contribution >= 0.6 is 23.5 Å². The van der Waals surface area contributed by atoms with E-state index in [1.165, 1.54) is 0 Å². The van der Waals surface area contributed by atoms with Crippen molar-refractivity contribution in [3.8, 4) is 5.40 Å². The normalized spacial score (nSPS) is 23.3. The van der Waals surface area contributed by atoms with E-state index in [2.05, 4.69) is 5.32 Å². The fraction of sp³-hybridized carbons (Fsp3) is 0.474. The zero-order valence-electron chi connectivity index (χ0n) is 15.9. The van der Waals surface area contributed by atoms with Gasteiger partial charge in [-0.15, -0.1) is 11.8 Å². The van der Waals surface area contributed by atoms with Crippen molar-refractivity contribution in [2.75, 3.05) is 17.7 Å². The van der Waals surface area contributed by atoms with E-state index in [9.17, 15) is 14.4 Å². The van der Waals surface area contributed by atoms with E-state index in [1.54, 1.807) is 16.7 Å². The number of aryl methyl sites for hydroxylation is 2. The Morgan fingerprint density at radius 3 is 2.75 bits per heavy atom. The minimum Gasteiger partial charge on any atom is -0.454 e. The maximum atomic E-state index is 12.4. The molecule has 0 aromatic heterocycles. The first kappa shape index (κ1) is 20.6. The van der Waals surface area contributed by atoms with Crippen LogP contribution in [0.25, 0.3) is 0 Å². The summed E-state index contributed by atoms with van der Waals surface area (Å²) < 4.78 is 5.20. The van der Waals surface area contributed by atoms with E-state index in [0.717, 1.165) is 34.2 Å². The van der Waals surface area contributed by atoms with Crippen molar-refractivity contribution in [3.63, 3.8) is 0 Å². The van der Waals surface area contributed by atoms with Crippen molar-refractivity contribution in [1.29, 1.82) is 5.26 Å². The lowest BCUT2D eigenvalue weighted by molar-refractivity contribution is -0.155. The molecular formula is C19H21N3O4S2. The predicted octanol–water partition coefficient (Wildman–Crippen LogP) is 2.81. The molecule has 1 aromatic rings. The number of thiocyanates is 1. The Balaban J connectivity index is 1.59. The Morgan fingerprint density at radius 2 is 2.11 bits per heavy atom. The van der Waals surface area contributed by atoms with E-state index < -0.39 is 24.5 Å². The third-order valence-electron chi connectivity index (χ3n) is 5.00. The summed E-state index contributed by atoms with van der Waals surface area (Å²) in [5.74, 6) is -0.545. The predicted molar refractivity (Wildman–Crippen MR) is 108 cm³/mol. The van der Waals surface area contributed by atoms with Gasteiger partial charge in [-0.25, -0.2) is 4.79 Å². The van der Waals surface area contributed by atoms with Crippen LogP contribution in [0.2, 0.25) is 0 Å². The number of rotatable bonds is 5. The summed E-state index contributed by atoms with van der Waals surface area (Å²) >= 11 is 2.64. The lowest BCUT2D eigenvalue weighted by Gasteiger charge is -2.29. The van der Waals surface area contributed by atoms with Crippen molar-refractivity contribution < 1.29 is 19.1 Å². The Bertz CT molecular complexity index is 859. The van der Waals surface area contributed by atoms with E-state index in [4.69, 9.17) is 10.00 Å². The molecule has 9 heteroatoms. The number of hydrogen-bond donors (Lipinski definition) is 1. The molecule has 2 heterocycles. The van der Waals surface area contributed by atoms with Crippen LogP contribution in [0.3, 0.4) is 0 Å². The van der Waals surface area contributed by atoms with Gasteiger partial charge in [-0.1, -0.05) is 0 Å². The summed E-state index contributed by atoms with van der Waals surface area (Å²) in [4.78, 5) is 38.9.